The van der Waals surface area contributed by atoms with E-state index in [2.05, 4.69) is 20.8 Å². The molecule has 0 aromatic heterocycles. The van der Waals surface area contributed by atoms with Crippen LogP contribution < -0.4 is 16.4 Å². The quantitative estimate of drug-likeness (QED) is 0.885. The summed E-state index contributed by atoms with van der Waals surface area (Å²) in [5, 5.41) is 0. The van der Waals surface area contributed by atoms with E-state index in [1.54, 1.807) is 0 Å². The van der Waals surface area contributed by atoms with E-state index in [4.69, 9.17) is 11.5 Å². The third kappa shape index (κ3) is 2.30. The number of primary amides is 1. The normalized spacial score (nSPS) is 19.6. The molecule has 1 heterocycles. The van der Waals surface area contributed by atoms with Gasteiger partial charge in [0.15, 0.2) is 0 Å². The monoisotopic (exact) mass is 297 g/mol. The Morgan fingerprint density at radius 2 is 2.29 bits per heavy atom. The first kappa shape index (κ1) is 12.4. The van der Waals surface area contributed by atoms with Gasteiger partial charge in [-0.15, -0.1) is 0 Å². The van der Waals surface area contributed by atoms with Crippen molar-refractivity contribution in [1.29, 1.82) is 0 Å². The smallest absolute Gasteiger partial charge is 0.240 e. The second kappa shape index (κ2) is 5.06. The van der Waals surface area contributed by atoms with Crippen molar-refractivity contribution in [2.75, 3.05) is 11.4 Å². The van der Waals surface area contributed by atoms with Gasteiger partial charge in [0, 0.05) is 28.8 Å². The number of anilines is 1. The van der Waals surface area contributed by atoms with Crippen LogP contribution in [0.3, 0.4) is 0 Å². The predicted molar refractivity (Wildman–Crippen MR) is 71.6 cm³/mol. The fourth-order valence-electron chi connectivity index (χ4n) is 2.37. The molecule has 5 heteroatoms. The van der Waals surface area contributed by atoms with Crippen LogP contribution >= 0.6 is 15.9 Å². The number of hydrogen-bond acceptors (Lipinski definition) is 3. The molecule has 1 saturated heterocycles. The maximum atomic E-state index is 11.4. The summed E-state index contributed by atoms with van der Waals surface area (Å²) < 4.78 is 0.979. The maximum Gasteiger partial charge on any atom is 0.240 e. The standard InChI is InChI=1S/C12H16BrN3O/c13-9-3-1-4-10(8(9)7-14)16-6-2-5-11(16)12(15)17/h1,3-4,11H,2,5-7,14H2,(H2,15,17). The van der Waals surface area contributed by atoms with E-state index in [0.29, 0.717) is 6.54 Å². The fourth-order valence-corrected chi connectivity index (χ4v) is 2.89. The second-order valence-corrected chi connectivity index (χ2v) is 5.05. The van der Waals surface area contributed by atoms with Crippen LogP contribution in [0, 0.1) is 0 Å². The Labute approximate surface area is 109 Å². The van der Waals surface area contributed by atoms with Crippen molar-refractivity contribution in [3.8, 4) is 0 Å². The van der Waals surface area contributed by atoms with Gasteiger partial charge in [0.25, 0.3) is 0 Å². The highest BCUT2D eigenvalue weighted by molar-refractivity contribution is 9.10. The van der Waals surface area contributed by atoms with Crippen LogP contribution in [0.25, 0.3) is 0 Å². The summed E-state index contributed by atoms with van der Waals surface area (Å²) in [6.45, 7) is 1.30. The summed E-state index contributed by atoms with van der Waals surface area (Å²) in [5.74, 6) is -0.259. The molecule has 1 atom stereocenters. The van der Waals surface area contributed by atoms with Crippen molar-refractivity contribution < 1.29 is 4.79 Å². The minimum Gasteiger partial charge on any atom is -0.368 e. The van der Waals surface area contributed by atoms with Crippen LogP contribution in [0.1, 0.15) is 18.4 Å². The van der Waals surface area contributed by atoms with Crippen molar-refractivity contribution in [2.45, 2.75) is 25.4 Å². The molecule has 4 nitrogen and oxygen atoms in total. The number of benzene rings is 1. The molecule has 0 aliphatic carbocycles. The molecule has 1 fully saturated rings. The molecule has 4 N–H and O–H groups in total. The van der Waals surface area contributed by atoms with Crippen LogP contribution in [0.15, 0.2) is 22.7 Å². The zero-order valence-corrected chi connectivity index (χ0v) is 11.1. The summed E-state index contributed by atoms with van der Waals surface area (Å²) >= 11 is 3.49. The first-order chi connectivity index (χ1) is 8.15. The van der Waals surface area contributed by atoms with Crippen LogP contribution in [-0.4, -0.2) is 18.5 Å². The number of nitrogens with two attached hydrogens (primary N) is 2. The fraction of sp³-hybridized carbons (Fsp3) is 0.417. The van der Waals surface area contributed by atoms with E-state index in [-0.39, 0.29) is 11.9 Å². The van der Waals surface area contributed by atoms with Crippen molar-refractivity contribution >= 4 is 27.5 Å². The van der Waals surface area contributed by atoms with Gasteiger partial charge in [-0.2, -0.15) is 0 Å². The molecular formula is C12H16BrN3O. The molecule has 92 valence electrons. The summed E-state index contributed by atoms with van der Waals surface area (Å²) in [5.41, 5.74) is 13.2. The molecule has 1 aliphatic heterocycles. The number of hydrogen-bond donors (Lipinski definition) is 2. The maximum absolute atomic E-state index is 11.4. The summed E-state index contributed by atoms with van der Waals surface area (Å²) in [7, 11) is 0. The van der Waals surface area contributed by atoms with Gasteiger partial charge in [0.1, 0.15) is 6.04 Å². The molecule has 0 saturated carbocycles. The Hall–Kier alpha value is -1.07. The van der Waals surface area contributed by atoms with Gasteiger partial charge in [-0.3, -0.25) is 4.79 Å². The lowest BCUT2D eigenvalue weighted by Crippen LogP contribution is -2.40. The Balaban J connectivity index is 2.39. The minimum absolute atomic E-state index is 0.199. The lowest BCUT2D eigenvalue weighted by molar-refractivity contribution is -0.119. The molecule has 1 aromatic carbocycles. The minimum atomic E-state index is -0.259. The van der Waals surface area contributed by atoms with E-state index in [1.165, 1.54) is 0 Å². The third-order valence-corrected chi connectivity index (χ3v) is 3.93. The molecule has 0 radical (unpaired) electrons. The van der Waals surface area contributed by atoms with Gasteiger partial charge < -0.3 is 16.4 Å². The van der Waals surface area contributed by atoms with E-state index >= 15 is 0 Å². The number of nitrogens with zero attached hydrogens (tertiary/aromatic N) is 1. The van der Waals surface area contributed by atoms with E-state index in [9.17, 15) is 4.79 Å². The molecule has 1 aliphatic rings. The highest BCUT2D eigenvalue weighted by atomic mass is 79.9. The highest BCUT2D eigenvalue weighted by Crippen LogP contribution is 2.32. The predicted octanol–water partition coefficient (Wildman–Crippen LogP) is 1.36. The average molecular weight is 298 g/mol. The summed E-state index contributed by atoms with van der Waals surface area (Å²) in [6.07, 6.45) is 1.82. The molecule has 1 aromatic rings. The number of rotatable bonds is 3. The van der Waals surface area contributed by atoms with Crippen LogP contribution in [0.2, 0.25) is 0 Å². The number of carbonyl (C=O) groups excluding carboxylic acids is 1. The average Bonchev–Trinajstić information content (AvgIpc) is 2.77. The molecular weight excluding hydrogens is 282 g/mol. The molecule has 0 spiro atoms. The van der Waals surface area contributed by atoms with Gasteiger partial charge in [0.05, 0.1) is 0 Å². The summed E-state index contributed by atoms with van der Waals surface area (Å²) in [6, 6.07) is 5.71. The zero-order chi connectivity index (χ0) is 12.4. The lowest BCUT2D eigenvalue weighted by atomic mass is 10.1. The molecule has 1 unspecified atom stereocenters. The van der Waals surface area contributed by atoms with Gasteiger partial charge in [-0.05, 0) is 25.0 Å². The number of halogens is 1. The third-order valence-electron chi connectivity index (χ3n) is 3.19. The van der Waals surface area contributed by atoms with Crippen molar-refractivity contribution in [2.24, 2.45) is 11.5 Å². The van der Waals surface area contributed by atoms with Crippen molar-refractivity contribution in [3.63, 3.8) is 0 Å². The van der Waals surface area contributed by atoms with E-state index in [1.807, 2.05) is 18.2 Å². The van der Waals surface area contributed by atoms with Crippen LogP contribution in [0.4, 0.5) is 5.69 Å². The van der Waals surface area contributed by atoms with Crippen LogP contribution in [0.5, 0.6) is 0 Å². The van der Waals surface area contributed by atoms with Gasteiger partial charge in [-0.1, -0.05) is 22.0 Å². The Morgan fingerprint density at radius 3 is 2.94 bits per heavy atom. The lowest BCUT2D eigenvalue weighted by Gasteiger charge is -2.27. The summed E-state index contributed by atoms with van der Waals surface area (Å²) in [4.78, 5) is 13.5. The molecule has 2 rings (SSSR count). The van der Waals surface area contributed by atoms with Gasteiger partial charge in [-0.25, -0.2) is 0 Å². The van der Waals surface area contributed by atoms with Crippen molar-refractivity contribution in [3.05, 3.63) is 28.2 Å². The zero-order valence-electron chi connectivity index (χ0n) is 9.53. The largest absolute Gasteiger partial charge is 0.368 e. The highest BCUT2D eigenvalue weighted by Gasteiger charge is 2.30. The molecule has 17 heavy (non-hydrogen) atoms. The first-order valence-corrected chi connectivity index (χ1v) is 6.48. The Kier molecular flexibility index (Phi) is 3.69. The number of carbonyl (C=O) groups is 1. The Bertz CT molecular complexity index is 436. The van der Waals surface area contributed by atoms with Gasteiger partial charge >= 0.3 is 0 Å². The van der Waals surface area contributed by atoms with E-state index in [0.717, 1.165) is 35.1 Å². The molecule has 0 bridgehead atoms. The SMILES string of the molecule is NCc1c(Br)cccc1N1CCCC1C(N)=O. The topological polar surface area (TPSA) is 72.3 Å². The second-order valence-electron chi connectivity index (χ2n) is 4.20. The van der Waals surface area contributed by atoms with Gasteiger partial charge in [0.2, 0.25) is 5.91 Å². The van der Waals surface area contributed by atoms with Crippen molar-refractivity contribution in [1.82, 2.24) is 0 Å². The molecule has 1 amide bonds. The number of amides is 1. The first-order valence-electron chi connectivity index (χ1n) is 5.68. The van der Waals surface area contributed by atoms with E-state index < -0.39 is 0 Å². The Morgan fingerprint density at radius 1 is 1.53 bits per heavy atom. The van der Waals surface area contributed by atoms with Crippen LogP contribution in [-0.2, 0) is 11.3 Å².